The summed E-state index contributed by atoms with van der Waals surface area (Å²) in [4.78, 5) is 0.269. The average Bonchev–Trinajstić information content (AvgIpc) is 2.86. The van der Waals surface area contributed by atoms with Crippen molar-refractivity contribution in [3.63, 3.8) is 0 Å². The van der Waals surface area contributed by atoms with Gasteiger partial charge in [-0.15, -0.1) is 0 Å². The summed E-state index contributed by atoms with van der Waals surface area (Å²) < 4.78 is 32.4. The summed E-state index contributed by atoms with van der Waals surface area (Å²) in [6, 6.07) is 6.30. The predicted octanol–water partition coefficient (Wildman–Crippen LogP) is 1.94. The molecule has 0 amide bonds. The molecular weight excluding hydrogens is 302 g/mol. The second-order valence-corrected chi connectivity index (χ2v) is 7.67. The van der Waals surface area contributed by atoms with Crippen LogP contribution in [0, 0.1) is 6.92 Å². The van der Waals surface area contributed by atoms with Crippen molar-refractivity contribution in [2.24, 2.45) is 0 Å². The van der Waals surface area contributed by atoms with E-state index in [0.717, 1.165) is 18.4 Å². The molecule has 0 radical (unpaired) electrons. The number of hydrogen-bond acceptors (Lipinski definition) is 4. The number of ether oxygens (including phenoxy) is 1. The highest BCUT2D eigenvalue weighted by Crippen LogP contribution is 2.27. The first-order chi connectivity index (χ1) is 10.5. The number of unbranched alkanes of at least 4 members (excludes halogenated alkanes) is 1. The SMILES string of the molecule is CCCCOCC1C(O)CCN1S(=O)(=O)c1ccc(C)cc1. The molecule has 1 aliphatic heterocycles. The van der Waals surface area contributed by atoms with E-state index in [1.54, 1.807) is 24.3 Å². The fourth-order valence-corrected chi connectivity index (χ4v) is 4.25. The summed E-state index contributed by atoms with van der Waals surface area (Å²) in [7, 11) is -3.59. The van der Waals surface area contributed by atoms with Gasteiger partial charge in [0.05, 0.1) is 23.6 Å². The van der Waals surface area contributed by atoms with Crippen molar-refractivity contribution >= 4 is 10.0 Å². The van der Waals surface area contributed by atoms with Crippen LogP contribution in [0.1, 0.15) is 31.7 Å². The third-order valence-corrected chi connectivity index (χ3v) is 5.96. The molecule has 0 bridgehead atoms. The highest BCUT2D eigenvalue weighted by molar-refractivity contribution is 7.89. The molecule has 1 aromatic carbocycles. The number of aliphatic hydroxyl groups is 1. The van der Waals surface area contributed by atoms with E-state index >= 15 is 0 Å². The summed E-state index contributed by atoms with van der Waals surface area (Å²) in [6.45, 7) is 5.16. The number of aliphatic hydroxyl groups excluding tert-OH is 1. The third-order valence-electron chi connectivity index (χ3n) is 4.02. The zero-order chi connectivity index (χ0) is 16.2. The Morgan fingerprint density at radius 3 is 2.64 bits per heavy atom. The zero-order valence-electron chi connectivity index (χ0n) is 13.2. The number of hydrogen-bond donors (Lipinski definition) is 1. The topological polar surface area (TPSA) is 66.8 Å². The van der Waals surface area contributed by atoms with Gasteiger partial charge in [0, 0.05) is 13.2 Å². The molecule has 0 saturated carbocycles. The van der Waals surface area contributed by atoms with Gasteiger partial charge >= 0.3 is 0 Å². The van der Waals surface area contributed by atoms with Crippen LogP contribution < -0.4 is 0 Å². The molecule has 22 heavy (non-hydrogen) atoms. The minimum absolute atomic E-state index is 0.242. The van der Waals surface area contributed by atoms with Gasteiger partial charge in [-0.1, -0.05) is 31.0 Å². The second-order valence-electron chi connectivity index (χ2n) is 5.78. The molecule has 5 nitrogen and oxygen atoms in total. The first-order valence-electron chi connectivity index (χ1n) is 7.81. The maximum absolute atomic E-state index is 12.7. The van der Waals surface area contributed by atoms with Crippen LogP contribution in [0.2, 0.25) is 0 Å². The van der Waals surface area contributed by atoms with Gasteiger partial charge in [0.2, 0.25) is 10.0 Å². The molecule has 2 unspecified atom stereocenters. The van der Waals surface area contributed by atoms with Gasteiger partial charge in [0.1, 0.15) is 0 Å². The summed E-state index contributed by atoms with van der Waals surface area (Å²) >= 11 is 0. The number of aryl methyl sites for hydroxylation is 1. The van der Waals surface area contributed by atoms with E-state index in [9.17, 15) is 13.5 Å². The molecule has 1 saturated heterocycles. The van der Waals surface area contributed by atoms with Crippen molar-refractivity contribution in [1.29, 1.82) is 0 Å². The molecule has 6 heteroatoms. The number of nitrogens with zero attached hydrogens (tertiary/aromatic N) is 1. The quantitative estimate of drug-likeness (QED) is 0.777. The van der Waals surface area contributed by atoms with Crippen LogP contribution in [0.5, 0.6) is 0 Å². The van der Waals surface area contributed by atoms with E-state index in [-0.39, 0.29) is 11.5 Å². The summed E-state index contributed by atoms with van der Waals surface area (Å²) in [5.41, 5.74) is 1.01. The molecule has 1 heterocycles. The van der Waals surface area contributed by atoms with Gasteiger partial charge in [-0.05, 0) is 31.9 Å². The Kier molecular flexibility index (Phi) is 5.97. The van der Waals surface area contributed by atoms with Gasteiger partial charge in [-0.25, -0.2) is 8.42 Å². The van der Waals surface area contributed by atoms with Crippen LogP contribution in [0.4, 0.5) is 0 Å². The fourth-order valence-electron chi connectivity index (χ4n) is 2.60. The van der Waals surface area contributed by atoms with Gasteiger partial charge in [0.25, 0.3) is 0 Å². The Hall–Kier alpha value is -0.950. The molecule has 1 fully saturated rings. The lowest BCUT2D eigenvalue weighted by molar-refractivity contribution is 0.0494. The van der Waals surface area contributed by atoms with Crippen LogP contribution >= 0.6 is 0 Å². The van der Waals surface area contributed by atoms with Gasteiger partial charge in [0.15, 0.2) is 0 Å². The summed E-state index contributed by atoms with van der Waals surface area (Å²) in [5, 5.41) is 10.1. The lowest BCUT2D eigenvalue weighted by Gasteiger charge is -2.25. The summed E-state index contributed by atoms with van der Waals surface area (Å²) in [5.74, 6) is 0. The molecular formula is C16H25NO4S. The van der Waals surface area contributed by atoms with Crippen molar-refractivity contribution < 1.29 is 18.3 Å². The van der Waals surface area contributed by atoms with Crippen molar-refractivity contribution in [3.05, 3.63) is 29.8 Å². The monoisotopic (exact) mass is 327 g/mol. The van der Waals surface area contributed by atoms with Crippen molar-refractivity contribution in [1.82, 2.24) is 4.31 Å². The Morgan fingerprint density at radius 1 is 1.32 bits per heavy atom. The number of rotatable bonds is 7. The first-order valence-corrected chi connectivity index (χ1v) is 9.25. The Morgan fingerprint density at radius 2 is 2.00 bits per heavy atom. The lowest BCUT2D eigenvalue weighted by atomic mass is 10.2. The van der Waals surface area contributed by atoms with E-state index in [0.29, 0.717) is 19.6 Å². The van der Waals surface area contributed by atoms with Crippen LogP contribution in [0.3, 0.4) is 0 Å². The Balaban J connectivity index is 2.12. The maximum Gasteiger partial charge on any atom is 0.243 e. The largest absolute Gasteiger partial charge is 0.391 e. The Bertz CT molecular complexity index is 570. The highest BCUT2D eigenvalue weighted by atomic mass is 32.2. The molecule has 0 spiro atoms. The standard InChI is InChI=1S/C16H25NO4S/c1-3-4-11-21-12-15-16(18)9-10-17(15)22(19,20)14-7-5-13(2)6-8-14/h5-8,15-16,18H,3-4,9-12H2,1-2H3. The van der Waals surface area contributed by atoms with Crippen LogP contribution in [-0.4, -0.2) is 49.7 Å². The van der Waals surface area contributed by atoms with Crippen molar-refractivity contribution in [2.45, 2.75) is 50.2 Å². The fraction of sp³-hybridized carbons (Fsp3) is 0.625. The van der Waals surface area contributed by atoms with Crippen LogP contribution in [0.25, 0.3) is 0 Å². The molecule has 2 rings (SSSR count). The third kappa shape index (κ3) is 3.87. The normalized spacial score (nSPS) is 23.0. The molecule has 124 valence electrons. The Labute approximate surface area is 133 Å². The number of sulfonamides is 1. The number of benzene rings is 1. The van der Waals surface area contributed by atoms with E-state index in [4.69, 9.17) is 4.74 Å². The summed E-state index contributed by atoms with van der Waals surface area (Å²) in [6.07, 6.45) is 1.75. The van der Waals surface area contributed by atoms with E-state index in [2.05, 4.69) is 6.92 Å². The van der Waals surface area contributed by atoms with Gasteiger partial charge < -0.3 is 9.84 Å². The van der Waals surface area contributed by atoms with Gasteiger partial charge in [-0.2, -0.15) is 4.31 Å². The first kappa shape index (κ1) is 17.4. The smallest absolute Gasteiger partial charge is 0.243 e. The zero-order valence-corrected chi connectivity index (χ0v) is 14.1. The van der Waals surface area contributed by atoms with Gasteiger partial charge in [-0.3, -0.25) is 0 Å². The average molecular weight is 327 g/mol. The highest BCUT2D eigenvalue weighted by Gasteiger charge is 2.40. The lowest BCUT2D eigenvalue weighted by Crippen LogP contribution is -2.42. The minimum atomic E-state index is -3.59. The molecule has 1 aliphatic rings. The molecule has 2 atom stereocenters. The molecule has 1 N–H and O–H groups in total. The minimum Gasteiger partial charge on any atom is -0.391 e. The second kappa shape index (κ2) is 7.55. The van der Waals surface area contributed by atoms with E-state index in [1.165, 1.54) is 4.31 Å². The van der Waals surface area contributed by atoms with E-state index in [1.807, 2.05) is 6.92 Å². The maximum atomic E-state index is 12.7. The molecule has 0 aliphatic carbocycles. The van der Waals surface area contributed by atoms with Crippen molar-refractivity contribution in [2.75, 3.05) is 19.8 Å². The molecule has 0 aromatic heterocycles. The molecule has 1 aromatic rings. The predicted molar refractivity (Wildman–Crippen MR) is 85.2 cm³/mol. The van der Waals surface area contributed by atoms with Crippen LogP contribution in [0.15, 0.2) is 29.2 Å². The van der Waals surface area contributed by atoms with E-state index < -0.39 is 22.2 Å². The van der Waals surface area contributed by atoms with Crippen LogP contribution in [-0.2, 0) is 14.8 Å². The van der Waals surface area contributed by atoms with Crippen molar-refractivity contribution in [3.8, 4) is 0 Å².